The number of hydrogen-bond acceptors (Lipinski definition) is 3. The van der Waals surface area contributed by atoms with Crippen molar-refractivity contribution in [3.05, 3.63) is 17.5 Å². The highest BCUT2D eigenvalue weighted by Gasteiger charge is 2.38. The van der Waals surface area contributed by atoms with E-state index in [0.29, 0.717) is 25.2 Å². The molecule has 1 N–H and O–H groups in total. The number of rotatable bonds is 5. The van der Waals surface area contributed by atoms with Crippen LogP contribution in [0.3, 0.4) is 0 Å². The van der Waals surface area contributed by atoms with Crippen molar-refractivity contribution in [3.8, 4) is 0 Å². The van der Waals surface area contributed by atoms with E-state index < -0.39 is 5.60 Å². The molecular formula is C16H26N2O2. The predicted molar refractivity (Wildman–Crippen MR) is 78.6 cm³/mol. The van der Waals surface area contributed by atoms with E-state index in [1.807, 2.05) is 17.7 Å². The van der Waals surface area contributed by atoms with E-state index in [2.05, 4.69) is 18.9 Å². The monoisotopic (exact) mass is 278 g/mol. The first-order valence-corrected chi connectivity index (χ1v) is 7.79. The predicted octanol–water partition coefficient (Wildman–Crippen LogP) is 2.52. The fraction of sp³-hybridized carbons (Fsp3) is 0.750. The molecule has 0 bridgehead atoms. The van der Waals surface area contributed by atoms with Crippen molar-refractivity contribution in [2.45, 2.75) is 71.4 Å². The minimum absolute atomic E-state index is 0.0401. The van der Waals surface area contributed by atoms with Gasteiger partial charge in [0, 0.05) is 12.2 Å². The van der Waals surface area contributed by atoms with Crippen LogP contribution in [0, 0.1) is 5.92 Å². The van der Waals surface area contributed by atoms with Crippen molar-refractivity contribution in [2.75, 3.05) is 0 Å². The fourth-order valence-corrected chi connectivity index (χ4v) is 2.95. The van der Waals surface area contributed by atoms with Crippen molar-refractivity contribution < 1.29 is 9.90 Å². The second-order valence-electron chi connectivity index (χ2n) is 6.11. The minimum Gasteiger partial charge on any atom is -0.382 e. The lowest BCUT2D eigenvalue weighted by atomic mass is 9.76. The average molecular weight is 278 g/mol. The van der Waals surface area contributed by atoms with Crippen LogP contribution in [-0.4, -0.2) is 26.3 Å². The van der Waals surface area contributed by atoms with Gasteiger partial charge < -0.3 is 5.11 Å². The van der Waals surface area contributed by atoms with Crippen LogP contribution >= 0.6 is 0 Å². The van der Waals surface area contributed by atoms with Gasteiger partial charge in [0.15, 0.2) is 5.78 Å². The summed E-state index contributed by atoms with van der Waals surface area (Å²) in [4.78, 5) is 12.5. The van der Waals surface area contributed by atoms with Crippen LogP contribution in [0.5, 0.6) is 0 Å². The average Bonchev–Trinajstić information content (AvgIpc) is 2.84. The van der Waals surface area contributed by atoms with Gasteiger partial charge in [-0.05, 0) is 51.0 Å². The Labute approximate surface area is 121 Å². The third-order valence-corrected chi connectivity index (χ3v) is 4.54. The number of ketones is 1. The molecule has 1 fully saturated rings. The Morgan fingerprint density at radius 1 is 1.45 bits per heavy atom. The summed E-state index contributed by atoms with van der Waals surface area (Å²) in [5.41, 5.74) is 0.835. The summed E-state index contributed by atoms with van der Waals surface area (Å²) in [6, 6.07) is 2.00. The van der Waals surface area contributed by atoms with Crippen LogP contribution in [0.25, 0.3) is 0 Å². The molecule has 0 aromatic carbocycles. The SMILES string of the molecule is CCc1cc(CC(=O)C2(O)CCC(C)CC2)n(CC)n1. The van der Waals surface area contributed by atoms with E-state index >= 15 is 0 Å². The summed E-state index contributed by atoms with van der Waals surface area (Å²) >= 11 is 0. The van der Waals surface area contributed by atoms with Crippen LogP contribution < -0.4 is 0 Å². The van der Waals surface area contributed by atoms with E-state index in [1.54, 1.807) is 0 Å². The van der Waals surface area contributed by atoms with Gasteiger partial charge in [-0.25, -0.2) is 0 Å². The Hall–Kier alpha value is -1.16. The number of Topliss-reactive ketones (excluding diaryl/α,β-unsaturated/α-hetero) is 1. The maximum absolute atomic E-state index is 12.5. The lowest BCUT2D eigenvalue weighted by molar-refractivity contribution is -0.140. The molecule has 0 aliphatic heterocycles. The summed E-state index contributed by atoms with van der Waals surface area (Å²) < 4.78 is 1.88. The highest BCUT2D eigenvalue weighted by Crippen LogP contribution is 2.33. The van der Waals surface area contributed by atoms with Gasteiger partial charge in [-0.3, -0.25) is 9.48 Å². The van der Waals surface area contributed by atoms with Crippen LogP contribution in [0.1, 0.15) is 57.8 Å². The maximum Gasteiger partial charge on any atom is 0.170 e. The molecule has 1 heterocycles. The minimum atomic E-state index is -1.11. The van der Waals surface area contributed by atoms with Crippen molar-refractivity contribution in [3.63, 3.8) is 0 Å². The third kappa shape index (κ3) is 3.11. The number of aromatic nitrogens is 2. The number of aliphatic hydroxyl groups is 1. The number of carbonyl (C=O) groups is 1. The van der Waals surface area contributed by atoms with Gasteiger partial charge in [-0.15, -0.1) is 0 Å². The van der Waals surface area contributed by atoms with Gasteiger partial charge >= 0.3 is 0 Å². The van der Waals surface area contributed by atoms with Gasteiger partial charge in [-0.1, -0.05) is 13.8 Å². The quantitative estimate of drug-likeness (QED) is 0.900. The zero-order valence-electron chi connectivity index (χ0n) is 12.9. The van der Waals surface area contributed by atoms with Crippen molar-refractivity contribution in [1.29, 1.82) is 0 Å². The first-order valence-electron chi connectivity index (χ1n) is 7.79. The zero-order chi connectivity index (χ0) is 14.8. The van der Waals surface area contributed by atoms with Gasteiger partial charge in [0.05, 0.1) is 12.1 Å². The van der Waals surface area contributed by atoms with Crippen LogP contribution in [-0.2, 0) is 24.2 Å². The highest BCUT2D eigenvalue weighted by atomic mass is 16.3. The number of carbonyl (C=O) groups excluding carboxylic acids is 1. The van der Waals surface area contributed by atoms with E-state index in [-0.39, 0.29) is 5.78 Å². The maximum atomic E-state index is 12.5. The third-order valence-electron chi connectivity index (χ3n) is 4.54. The van der Waals surface area contributed by atoms with Crippen LogP contribution in [0.15, 0.2) is 6.07 Å². The number of aryl methyl sites for hydroxylation is 2. The first kappa shape index (κ1) is 15.2. The van der Waals surface area contributed by atoms with Crippen LogP contribution in [0.4, 0.5) is 0 Å². The molecule has 4 heteroatoms. The van der Waals surface area contributed by atoms with E-state index in [4.69, 9.17) is 0 Å². The summed E-state index contributed by atoms with van der Waals surface area (Å²) in [7, 11) is 0. The molecule has 0 saturated heterocycles. The van der Waals surface area contributed by atoms with Gasteiger partial charge in [0.1, 0.15) is 5.60 Å². The summed E-state index contributed by atoms with van der Waals surface area (Å²) in [5.74, 6) is 0.581. The van der Waals surface area contributed by atoms with Gasteiger partial charge in [-0.2, -0.15) is 5.10 Å². The van der Waals surface area contributed by atoms with Crippen LogP contribution in [0.2, 0.25) is 0 Å². The molecule has 0 radical (unpaired) electrons. The lowest BCUT2D eigenvalue weighted by Crippen LogP contribution is -2.43. The Bertz CT molecular complexity index is 471. The Morgan fingerprint density at radius 3 is 2.65 bits per heavy atom. The van der Waals surface area contributed by atoms with Gasteiger partial charge in [0.25, 0.3) is 0 Å². The smallest absolute Gasteiger partial charge is 0.170 e. The van der Waals surface area contributed by atoms with E-state index in [1.165, 1.54) is 0 Å². The number of nitrogens with zero attached hydrogens (tertiary/aromatic N) is 2. The van der Waals surface area contributed by atoms with E-state index in [9.17, 15) is 9.90 Å². The molecule has 2 rings (SSSR count). The first-order chi connectivity index (χ1) is 9.48. The summed E-state index contributed by atoms with van der Waals surface area (Å²) in [6.45, 7) is 7.03. The second kappa shape index (κ2) is 6.08. The molecule has 1 saturated carbocycles. The van der Waals surface area contributed by atoms with E-state index in [0.717, 1.165) is 37.2 Å². The molecule has 1 aromatic rings. The molecular weight excluding hydrogens is 252 g/mol. The molecule has 4 nitrogen and oxygen atoms in total. The summed E-state index contributed by atoms with van der Waals surface area (Å²) in [6.07, 6.45) is 4.26. The molecule has 1 aromatic heterocycles. The largest absolute Gasteiger partial charge is 0.382 e. The topological polar surface area (TPSA) is 55.1 Å². The van der Waals surface area contributed by atoms with Crippen molar-refractivity contribution in [1.82, 2.24) is 9.78 Å². The molecule has 0 unspecified atom stereocenters. The van der Waals surface area contributed by atoms with Crippen molar-refractivity contribution in [2.24, 2.45) is 5.92 Å². The molecule has 112 valence electrons. The molecule has 20 heavy (non-hydrogen) atoms. The fourth-order valence-electron chi connectivity index (χ4n) is 2.95. The Balaban J connectivity index is 2.09. The van der Waals surface area contributed by atoms with Gasteiger partial charge in [0.2, 0.25) is 0 Å². The Kier molecular flexibility index (Phi) is 4.63. The lowest BCUT2D eigenvalue weighted by Gasteiger charge is -2.33. The highest BCUT2D eigenvalue weighted by molar-refractivity contribution is 5.88. The molecule has 0 amide bonds. The standard InChI is InChI=1S/C16H26N2O2/c1-4-13-10-14(18(5-2)17-13)11-15(19)16(20)8-6-12(3)7-9-16/h10,12,20H,4-9,11H2,1-3H3. The molecule has 1 aliphatic carbocycles. The molecule has 0 spiro atoms. The second-order valence-corrected chi connectivity index (χ2v) is 6.11. The zero-order valence-corrected chi connectivity index (χ0v) is 12.9. The van der Waals surface area contributed by atoms with Crippen molar-refractivity contribution >= 4 is 5.78 Å². The summed E-state index contributed by atoms with van der Waals surface area (Å²) in [5, 5.41) is 15.0. The molecule has 1 aliphatic rings. The number of hydrogen-bond donors (Lipinski definition) is 1. The normalized spacial score (nSPS) is 26.7. The Morgan fingerprint density at radius 2 is 2.10 bits per heavy atom. The molecule has 0 atom stereocenters.